The van der Waals surface area contributed by atoms with Crippen LogP contribution in [0.2, 0.25) is 0 Å². The summed E-state index contributed by atoms with van der Waals surface area (Å²) in [5, 5.41) is 1.35. The first-order valence-corrected chi connectivity index (χ1v) is 6.84. The second kappa shape index (κ2) is 4.65. The van der Waals surface area contributed by atoms with Crippen LogP contribution < -0.4 is 10.6 Å². The predicted octanol–water partition coefficient (Wildman–Crippen LogP) is 2.79. The van der Waals surface area contributed by atoms with Crippen molar-refractivity contribution >= 4 is 16.6 Å². The summed E-state index contributed by atoms with van der Waals surface area (Å²) < 4.78 is 0. The first-order valence-electron chi connectivity index (χ1n) is 6.84. The number of nitrogens with one attached hydrogen (secondary N) is 1. The molecule has 3 rings (SSSR count). The Labute approximate surface area is 108 Å². The molecular weight excluding hydrogens is 222 g/mol. The minimum Gasteiger partial charge on any atom is -0.368 e. The highest BCUT2D eigenvalue weighted by atomic mass is 15.2. The number of nitrogens with two attached hydrogens (primary N) is 1. The fourth-order valence-electron chi connectivity index (χ4n) is 3.17. The molecule has 1 aromatic heterocycles. The van der Waals surface area contributed by atoms with Crippen LogP contribution in [0.4, 0.5) is 5.69 Å². The molecule has 2 aromatic rings. The number of nitrogens with zero attached hydrogens (tertiary/aromatic N) is 1. The van der Waals surface area contributed by atoms with E-state index in [1.807, 2.05) is 0 Å². The van der Waals surface area contributed by atoms with Gasteiger partial charge in [0.1, 0.15) is 0 Å². The highest BCUT2D eigenvalue weighted by molar-refractivity contribution is 5.93. The van der Waals surface area contributed by atoms with E-state index in [0.29, 0.717) is 6.04 Å². The zero-order valence-electron chi connectivity index (χ0n) is 10.9. The van der Waals surface area contributed by atoms with Crippen molar-refractivity contribution in [1.82, 2.24) is 4.98 Å². The Morgan fingerprint density at radius 3 is 3.17 bits per heavy atom. The lowest BCUT2D eigenvalue weighted by Crippen LogP contribution is -2.31. The number of hydrogen-bond donors (Lipinski definition) is 2. The SMILES string of the molecule is Cc1cc2c(N3CCCC3CCN)cccc2[nH]1. The van der Waals surface area contributed by atoms with Crippen LogP contribution in [0.5, 0.6) is 0 Å². The van der Waals surface area contributed by atoms with Gasteiger partial charge in [-0.25, -0.2) is 0 Å². The maximum Gasteiger partial charge on any atom is 0.0477 e. The van der Waals surface area contributed by atoms with E-state index < -0.39 is 0 Å². The van der Waals surface area contributed by atoms with E-state index in [4.69, 9.17) is 5.73 Å². The van der Waals surface area contributed by atoms with Crippen LogP contribution in [0.1, 0.15) is 25.0 Å². The van der Waals surface area contributed by atoms with Crippen molar-refractivity contribution in [2.45, 2.75) is 32.2 Å². The highest BCUT2D eigenvalue weighted by Gasteiger charge is 2.25. The largest absolute Gasteiger partial charge is 0.368 e. The topological polar surface area (TPSA) is 45.0 Å². The molecule has 1 atom stereocenters. The Morgan fingerprint density at radius 1 is 1.44 bits per heavy atom. The van der Waals surface area contributed by atoms with Gasteiger partial charge in [0.05, 0.1) is 0 Å². The van der Waals surface area contributed by atoms with Crippen molar-refractivity contribution in [3.05, 3.63) is 30.0 Å². The lowest BCUT2D eigenvalue weighted by molar-refractivity contribution is 0.619. The molecule has 1 aromatic carbocycles. The summed E-state index contributed by atoms with van der Waals surface area (Å²) in [6, 6.07) is 9.41. The van der Waals surface area contributed by atoms with E-state index in [0.717, 1.165) is 19.5 Å². The molecule has 3 N–H and O–H groups in total. The minimum atomic E-state index is 0.621. The van der Waals surface area contributed by atoms with Crippen LogP contribution in [0.3, 0.4) is 0 Å². The van der Waals surface area contributed by atoms with E-state index >= 15 is 0 Å². The summed E-state index contributed by atoms with van der Waals surface area (Å²) >= 11 is 0. The highest BCUT2D eigenvalue weighted by Crippen LogP contribution is 2.33. The summed E-state index contributed by atoms with van der Waals surface area (Å²) in [6.07, 6.45) is 3.65. The van der Waals surface area contributed by atoms with Crippen molar-refractivity contribution in [1.29, 1.82) is 0 Å². The van der Waals surface area contributed by atoms with E-state index in [1.165, 1.54) is 35.1 Å². The lowest BCUT2D eigenvalue weighted by Gasteiger charge is -2.27. The van der Waals surface area contributed by atoms with Crippen LogP contribution in [-0.4, -0.2) is 24.1 Å². The first-order chi connectivity index (χ1) is 8.79. The quantitative estimate of drug-likeness (QED) is 0.870. The zero-order chi connectivity index (χ0) is 12.5. The lowest BCUT2D eigenvalue weighted by atomic mass is 10.1. The fraction of sp³-hybridized carbons (Fsp3) is 0.467. The normalized spacial score (nSPS) is 19.9. The van der Waals surface area contributed by atoms with Crippen molar-refractivity contribution in [3.8, 4) is 0 Å². The fourth-order valence-corrected chi connectivity index (χ4v) is 3.17. The van der Waals surface area contributed by atoms with E-state index in [9.17, 15) is 0 Å². The average Bonchev–Trinajstić information content (AvgIpc) is 2.94. The maximum atomic E-state index is 5.73. The molecule has 0 spiro atoms. The van der Waals surface area contributed by atoms with Gasteiger partial charge in [-0.05, 0) is 50.9 Å². The van der Waals surface area contributed by atoms with Gasteiger partial charge in [0, 0.05) is 34.9 Å². The Morgan fingerprint density at radius 2 is 2.33 bits per heavy atom. The number of fused-ring (bicyclic) bond motifs is 1. The number of anilines is 1. The second-order valence-corrected chi connectivity index (χ2v) is 5.26. The predicted molar refractivity (Wildman–Crippen MR) is 77.1 cm³/mol. The third-order valence-corrected chi connectivity index (χ3v) is 3.96. The monoisotopic (exact) mass is 243 g/mol. The second-order valence-electron chi connectivity index (χ2n) is 5.26. The number of H-pyrrole nitrogens is 1. The Bertz CT molecular complexity index is 544. The molecule has 3 nitrogen and oxygen atoms in total. The molecule has 0 amide bonds. The van der Waals surface area contributed by atoms with Crippen LogP contribution in [0.15, 0.2) is 24.3 Å². The van der Waals surface area contributed by atoms with Crippen molar-refractivity contribution in [3.63, 3.8) is 0 Å². The molecular formula is C15H21N3. The number of hydrogen-bond acceptors (Lipinski definition) is 2. The molecule has 1 unspecified atom stereocenters. The Hall–Kier alpha value is -1.48. The van der Waals surface area contributed by atoms with Crippen molar-refractivity contribution < 1.29 is 0 Å². The minimum absolute atomic E-state index is 0.621. The van der Waals surface area contributed by atoms with Crippen molar-refractivity contribution in [2.24, 2.45) is 5.73 Å². The average molecular weight is 243 g/mol. The molecule has 1 aliphatic rings. The standard InChI is InChI=1S/C15H21N3/c1-11-10-13-14(17-11)5-2-6-15(13)18-9-3-4-12(18)7-8-16/h2,5-6,10,12,17H,3-4,7-9,16H2,1H3. The third-order valence-electron chi connectivity index (χ3n) is 3.96. The van der Waals surface area contributed by atoms with E-state index in [-0.39, 0.29) is 0 Å². The third kappa shape index (κ3) is 1.89. The van der Waals surface area contributed by atoms with Crippen LogP contribution in [-0.2, 0) is 0 Å². The van der Waals surface area contributed by atoms with Gasteiger partial charge < -0.3 is 15.6 Å². The van der Waals surface area contributed by atoms with E-state index in [1.54, 1.807) is 0 Å². The molecule has 1 saturated heterocycles. The van der Waals surface area contributed by atoms with E-state index in [2.05, 4.69) is 41.1 Å². The van der Waals surface area contributed by atoms with Gasteiger partial charge in [-0.2, -0.15) is 0 Å². The van der Waals surface area contributed by atoms with Gasteiger partial charge in [-0.15, -0.1) is 0 Å². The van der Waals surface area contributed by atoms with Crippen LogP contribution >= 0.6 is 0 Å². The molecule has 1 aliphatic heterocycles. The molecule has 3 heteroatoms. The molecule has 0 radical (unpaired) electrons. The molecule has 0 bridgehead atoms. The maximum absolute atomic E-state index is 5.73. The number of benzene rings is 1. The summed E-state index contributed by atoms with van der Waals surface area (Å²) in [5.41, 5.74) is 9.57. The van der Waals surface area contributed by atoms with Gasteiger partial charge in [0.25, 0.3) is 0 Å². The Kier molecular flexibility index (Phi) is 3.00. The van der Waals surface area contributed by atoms with Crippen LogP contribution in [0.25, 0.3) is 10.9 Å². The summed E-state index contributed by atoms with van der Waals surface area (Å²) in [5.74, 6) is 0. The smallest absolute Gasteiger partial charge is 0.0477 e. The molecule has 96 valence electrons. The molecule has 0 aliphatic carbocycles. The molecule has 18 heavy (non-hydrogen) atoms. The number of aromatic amines is 1. The van der Waals surface area contributed by atoms with Gasteiger partial charge in [-0.1, -0.05) is 6.07 Å². The number of rotatable bonds is 3. The summed E-state index contributed by atoms with van der Waals surface area (Å²) in [7, 11) is 0. The van der Waals surface area contributed by atoms with Gasteiger partial charge >= 0.3 is 0 Å². The molecule has 1 fully saturated rings. The zero-order valence-corrected chi connectivity index (χ0v) is 10.9. The number of aryl methyl sites for hydroxylation is 1. The summed E-state index contributed by atoms with van der Waals surface area (Å²) in [4.78, 5) is 5.96. The van der Waals surface area contributed by atoms with Crippen LogP contribution in [0, 0.1) is 6.92 Å². The van der Waals surface area contributed by atoms with Gasteiger partial charge in [-0.3, -0.25) is 0 Å². The first kappa shape index (κ1) is 11.6. The van der Waals surface area contributed by atoms with Crippen molar-refractivity contribution in [2.75, 3.05) is 18.0 Å². The number of aromatic nitrogens is 1. The summed E-state index contributed by atoms with van der Waals surface area (Å²) in [6.45, 7) is 4.06. The molecule has 2 heterocycles. The van der Waals surface area contributed by atoms with Gasteiger partial charge in [0.15, 0.2) is 0 Å². The molecule has 0 saturated carbocycles. The van der Waals surface area contributed by atoms with Gasteiger partial charge in [0.2, 0.25) is 0 Å². The Balaban J connectivity index is 2.02.